The lowest BCUT2D eigenvalue weighted by molar-refractivity contribution is 0.0698. The Morgan fingerprint density at radius 1 is 1.35 bits per heavy atom. The molecule has 1 aromatic rings. The van der Waals surface area contributed by atoms with Crippen molar-refractivity contribution in [2.75, 3.05) is 23.7 Å². The first-order valence-corrected chi connectivity index (χ1v) is 6.73. The standard InChI is InChI=1S/C14H17FN2O3/c15-9-2-3-10(12(13(9)16)14(19)20)17-5-7-1-4-11(18)8(7)6-17/h2-3,7-8,11,18H,1,4-6,16H2,(H,19,20). The fraction of sp³-hybridized carbons (Fsp3) is 0.500. The van der Waals surface area contributed by atoms with Gasteiger partial charge in [0.05, 0.1) is 17.5 Å². The Balaban J connectivity index is 1.96. The minimum absolute atomic E-state index is 0.169. The van der Waals surface area contributed by atoms with Crippen molar-refractivity contribution in [1.82, 2.24) is 0 Å². The van der Waals surface area contributed by atoms with Crippen LogP contribution in [0.1, 0.15) is 23.2 Å². The predicted octanol–water partition coefficient (Wildman–Crippen LogP) is 1.31. The van der Waals surface area contributed by atoms with Gasteiger partial charge in [-0.1, -0.05) is 0 Å². The van der Waals surface area contributed by atoms with Crippen molar-refractivity contribution in [3.8, 4) is 0 Å². The summed E-state index contributed by atoms with van der Waals surface area (Å²) in [7, 11) is 0. The molecular weight excluding hydrogens is 263 g/mol. The lowest BCUT2D eigenvalue weighted by atomic mass is 10.00. The minimum atomic E-state index is -1.23. The summed E-state index contributed by atoms with van der Waals surface area (Å²) in [6.45, 7) is 1.28. The van der Waals surface area contributed by atoms with E-state index in [0.29, 0.717) is 24.7 Å². The summed E-state index contributed by atoms with van der Waals surface area (Å²) in [6, 6.07) is 2.66. The number of rotatable bonds is 2. The van der Waals surface area contributed by atoms with E-state index < -0.39 is 11.8 Å². The van der Waals surface area contributed by atoms with E-state index in [-0.39, 0.29) is 23.3 Å². The summed E-state index contributed by atoms with van der Waals surface area (Å²) in [6.07, 6.45) is 1.43. The average molecular weight is 280 g/mol. The van der Waals surface area contributed by atoms with Crippen LogP contribution in [0.4, 0.5) is 15.8 Å². The average Bonchev–Trinajstić information content (AvgIpc) is 2.95. The monoisotopic (exact) mass is 280 g/mol. The van der Waals surface area contributed by atoms with Gasteiger partial charge in [-0.2, -0.15) is 0 Å². The Hall–Kier alpha value is -1.82. The van der Waals surface area contributed by atoms with Crippen LogP contribution >= 0.6 is 0 Å². The number of carboxylic acids is 1. The van der Waals surface area contributed by atoms with Crippen LogP contribution in [0.3, 0.4) is 0 Å². The number of nitrogen functional groups attached to an aromatic ring is 1. The number of anilines is 2. The summed E-state index contributed by atoms with van der Waals surface area (Å²) in [5, 5.41) is 19.2. The van der Waals surface area contributed by atoms with Gasteiger partial charge in [-0.3, -0.25) is 0 Å². The molecule has 1 saturated carbocycles. The second-order valence-corrected chi connectivity index (χ2v) is 5.63. The molecule has 2 aliphatic rings. The van der Waals surface area contributed by atoms with E-state index in [2.05, 4.69) is 0 Å². The van der Waals surface area contributed by atoms with E-state index in [1.165, 1.54) is 12.1 Å². The van der Waals surface area contributed by atoms with Crippen molar-refractivity contribution in [1.29, 1.82) is 0 Å². The lowest BCUT2D eigenvalue weighted by Crippen LogP contribution is -2.26. The summed E-state index contributed by atoms with van der Waals surface area (Å²) in [5.41, 5.74) is 5.50. The Morgan fingerprint density at radius 3 is 2.75 bits per heavy atom. The van der Waals surface area contributed by atoms with E-state index in [1.54, 1.807) is 0 Å². The zero-order valence-electron chi connectivity index (χ0n) is 10.9. The lowest BCUT2D eigenvalue weighted by Gasteiger charge is -2.23. The van der Waals surface area contributed by atoms with Gasteiger partial charge in [0.2, 0.25) is 0 Å². The second-order valence-electron chi connectivity index (χ2n) is 5.63. The van der Waals surface area contributed by atoms with Gasteiger partial charge in [-0.25, -0.2) is 9.18 Å². The molecule has 0 amide bonds. The molecule has 5 nitrogen and oxygen atoms in total. The van der Waals surface area contributed by atoms with E-state index in [9.17, 15) is 19.4 Å². The maximum absolute atomic E-state index is 13.5. The van der Waals surface area contributed by atoms with Crippen LogP contribution in [0.2, 0.25) is 0 Å². The molecule has 3 unspecified atom stereocenters. The maximum atomic E-state index is 13.5. The molecule has 6 heteroatoms. The van der Waals surface area contributed by atoms with E-state index in [4.69, 9.17) is 5.73 Å². The number of nitrogens with two attached hydrogens (primary N) is 1. The summed E-state index contributed by atoms with van der Waals surface area (Å²) in [4.78, 5) is 13.2. The summed E-state index contributed by atoms with van der Waals surface area (Å²) in [5.74, 6) is -1.40. The van der Waals surface area contributed by atoms with Gasteiger partial charge in [0, 0.05) is 19.0 Å². The van der Waals surface area contributed by atoms with Gasteiger partial charge in [0.15, 0.2) is 0 Å². The Morgan fingerprint density at radius 2 is 2.10 bits per heavy atom. The third-order valence-electron chi connectivity index (χ3n) is 4.54. The Labute approximate surface area is 115 Å². The van der Waals surface area contributed by atoms with Crippen LogP contribution in [-0.2, 0) is 0 Å². The first-order chi connectivity index (χ1) is 9.49. The molecule has 2 fully saturated rings. The molecule has 1 heterocycles. The van der Waals surface area contributed by atoms with Crippen LogP contribution in [0.5, 0.6) is 0 Å². The van der Waals surface area contributed by atoms with Gasteiger partial charge in [0.25, 0.3) is 0 Å². The molecule has 0 bridgehead atoms. The zero-order chi connectivity index (χ0) is 14.4. The molecule has 1 saturated heterocycles. The SMILES string of the molecule is Nc1c(F)ccc(N2CC3CCC(O)C3C2)c1C(=O)O. The first-order valence-electron chi connectivity index (χ1n) is 6.73. The van der Waals surface area contributed by atoms with Crippen molar-refractivity contribution in [2.45, 2.75) is 18.9 Å². The quantitative estimate of drug-likeness (QED) is 0.711. The van der Waals surface area contributed by atoms with Crippen LogP contribution in [-0.4, -0.2) is 35.4 Å². The number of aliphatic hydroxyl groups is 1. The zero-order valence-corrected chi connectivity index (χ0v) is 10.9. The van der Waals surface area contributed by atoms with Gasteiger partial charge < -0.3 is 20.8 Å². The minimum Gasteiger partial charge on any atom is -0.478 e. The number of hydrogen-bond acceptors (Lipinski definition) is 4. The third kappa shape index (κ3) is 1.91. The van der Waals surface area contributed by atoms with Crippen molar-refractivity contribution >= 4 is 17.3 Å². The topological polar surface area (TPSA) is 86.8 Å². The second kappa shape index (κ2) is 4.63. The Kier molecular flexibility index (Phi) is 3.05. The van der Waals surface area contributed by atoms with Crippen molar-refractivity contribution in [3.63, 3.8) is 0 Å². The van der Waals surface area contributed by atoms with E-state index >= 15 is 0 Å². The molecule has 20 heavy (non-hydrogen) atoms. The molecule has 3 atom stereocenters. The number of aliphatic hydroxyl groups excluding tert-OH is 1. The fourth-order valence-corrected chi connectivity index (χ4v) is 3.50. The number of nitrogens with zero attached hydrogens (tertiary/aromatic N) is 1. The number of benzene rings is 1. The van der Waals surface area contributed by atoms with Gasteiger partial charge in [0.1, 0.15) is 11.4 Å². The van der Waals surface area contributed by atoms with Crippen LogP contribution in [0.15, 0.2) is 12.1 Å². The molecule has 0 radical (unpaired) electrons. The molecule has 0 aromatic heterocycles. The Bertz CT molecular complexity index is 564. The highest BCUT2D eigenvalue weighted by molar-refractivity contribution is 6.00. The van der Waals surface area contributed by atoms with E-state index in [0.717, 1.165) is 12.8 Å². The molecule has 108 valence electrons. The number of carboxylic acid groups (broad SMARTS) is 1. The molecule has 1 aromatic carbocycles. The number of fused-ring (bicyclic) bond motifs is 1. The largest absolute Gasteiger partial charge is 0.478 e. The molecule has 1 aliphatic carbocycles. The maximum Gasteiger partial charge on any atom is 0.340 e. The first kappa shape index (κ1) is 13.2. The normalized spacial score (nSPS) is 28.7. The highest BCUT2D eigenvalue weighted by Crippen LogP contribution is 2.41. The van der Waals surface area contributed by atoms with Gasteiger partial charge in [-0.05, 0) is 30.9 Å². The molecular formula is C14H17FN2O3. The summed E-state index contributed by atoms with van der Waals surface area (Å²) >= 11 is 0. The van der Waals surface area contributed by atoms with Crippen LogP contribution in [0, 0.1) is 17.7 Å². The number of hydrogen-bond donors (Lipinski definition) is 3. The van der Waals surface area contributed by atoms with Crippen molar-refractivity contribution in [2.24, 2.45) is 11.8 Å². The highest BCUT2D eigenvalue weighted by Gasteiger charge is 2.42. The van der Waals surface area contributed by atoms with Crippen molar-refractivity contribution < 1.29 is 19.4 Å². The van der Waals surface area contributed by atoms with Gasteiger partial charge >= 0.3 is 5.97 Å². The summed E-state index contributed by atoms with van der Waals surface area (Å²) < 4.78 is 13.5. The van der Waals surface area contributed by atoms with Crippen molar-refractivity contribution in [3.05, 3.63) is 23.5 Å². The third-order valence-corrected chi connectivity index (χ3v) is 4.54. The number of aromatic carboxylic acids is 1. The molecule has 1 aliphatic heterocycles. The van der Waals surface area contributed by atoms with Crippen LogP contribution in [0.25, 0.3) is 0 Å². The van der Waals surface area contributed by atoms with E-state index in [1.807, 2.05) is 4.90 Å². The highest BCUT2D eigenvalue weighted by atomic mass is 19.1. The van der Waals surface area contributed by atoms with Crippen LogP contribution < -0.4 is 10.6 Å². The smallest absolute Gasteiger partial charge is 0.340 e. The fourth-order valence-electron chi connectivity index (χ4n) is 3.50. The molecule has 3 rings (SSSR count). The molecule has 0 spiro atoms. The number of halogens is 1. The number of carbonyl (C=O) groups is 1. The van der Waals surface area contributed by atoms with Gasteiger partial charge in [-0.15, -0.1) is 0 Å². The molecule has 4 N–H and O–H groups in total. The predicted molar refractivity (Wildman–Crippen MR) is 72.2 cm³/mol.